The molecule has 0 aliphatic rings. The quantitative estimate of drug-likeness (QED) is 0.624. The maximum absolute atomic E-state index is 10.7. The predicted molar refractivity (Wildman–Crippen MR) is 79.8 cm³/mol. The second kappa shape index (κ2) is 6.67. The lowest BCUT2D eigenvalue weighted by atomic mass is 10.1. The van der Waals surface area contributed by atoms with Gasteiger partial charge >= 0.3 is 5.69 Å². The summed E-state index contributed by atoms with van der Waals surface area (Å²) >= 11 is 0. The van der Waals surface area contributed by atoms with Gasteiger partial charge in [-0.2, -0.15) is 0 Å². The van der Waals surface area contributed by atoms with Crippen LogP contribution in [0.25, 0.3) is 0 Å². The van der Waals surface area contributed by atoms with Gasteiger partial charge in [0.2, 0.25) is 5.82 Å². The average molecular weight is 288 g/mol. The van der Waals surface area contributed by atoms with Gasteiger partial charge in [-0.25, -0.2) is 4.98 Å². The summed E-state index contributed by atoms with van der Waals surface area (Å²) in [6, 6.07) is 10.7. The normalized spacial score (nSPS) is 10.3. The second-order valence-electron chi connectivity index (χ2n) is 4.41. The smallest absolute Gasteiger partial charge is 0.311 e. The summed E-state index contributed by atoms with van der Waals surface area (Å²) in [6.45, 7) is 1.05. The lowest BCUT2D eigenvalue weighted by Gasteiger charge is -2.10. The van der Waals surface area contributed by atoms with Crippen LogP contribution in [0.3, 0.4) is 0 Å². The highest BCUT2D eigenvalue weighted by Crippen LogP contribution is 2.21. The molecule has 1 heterocycles. The minimum atomic E-state index is -0.556. The number of benzene rings is 1. The van der Waals surface area contributed by atoms with Crippen LogP contribution in [0.5, 0.6) is 0 Å². The molecule has 0 aliphatic heterocycles. The number of hydrogen-bond donors (Lipinski definition) is 2. The Bertz CT molecular complexity index is 646. The maximum atomic E-state index is 10.7. The number of nitrogens with zero attached hydrogens (tertiary/aromatic N) is 2. The molecule has 21 heavy (non-hydrogen) atoms. The van der Waals surface area contributed by atoms with E-state index in [2.05, 4.69) is 10.3 Å². The van der Waals surface area contributed by atoms with Gasteiger partial charge in [0.25, 0.3) is 0 Å². The largest absolute Gasteiger partial charge is 0.380 e. The Hall–Kier alpha value is -2.67. The number of ether oxygens (including phenoxy) is 1. The van der Waals surface area contributed by atoms with Crippen molar-refractivity contribution >= 4 is 17.3 Å². The topological polar surface area (TPSA) is 103 Å². The molecule has 0 bridgehead atoms. The molecule has 0 fully saturated rings. The predicted octanol–water partition coefficient (Wildman–Crippen LogP) is 2.33. The molecule has 0 spiro atoms. The molecule has 0 radical (unpaired) electrons. The molecule has 2 aromatic rings. The molecule has 1 aromatic heterocycles. The lowest BCUT2D eigenvalue weighted by molar-refractivity contribution is -0.384. The molecule has 0 saturated heterocycles. The van der Waals surface area contributed by atoms with Gasteiger partial charge in [0, 0.05) is 19.7 Å². The van der Waals surface area contributed by atoms with Gasteiger partial charge in [-0.3, -0.25) is 10.1 Å². The van der Waals surface area contributed by atoms with Gasteiger partial charge in [0.1, 0.15) is 5.82 Å². The molecule has 1 aromatic carbocycles. The Morgan fingerprint density at radius 1 is 1.29 bits per heavy atom. The highest BCUT2D eigenvalue weighted by Gasteiger charge is 2.12. The van der Waals surface area contributed by atoms with Crippen LogP contribution >= 0.6 is 0 Å². The average Bonchev–Trinajstić information content (AvgIpc) is 2.46. The summed E-state index contributed by atoms with van der Waals surface area (Å²) in [5.41, 5.74) is 7.50. The summed E-state index contributed by atoms with van der Waals surface area (Å²) in [7, 11) is 1.64. The molecule has 2 rings (SSSR count). The van der Waals surface area contributed by atoms with Crippen LogP contribution in [0.1, 0.15) is 11.1 Å². The standard InChI is InChI=1S/C14H16N4O3/c1-21-9-11-5-3-2-4-10(11)8-16-13-7-6-12(18(19)20)14(15)17-13/h2-7H,8-9H2,1H3,(H3,15,16,17). The SMILES string of the molecule is COCc1ccccc1CNc1ccc([N+](=O)[O-])c(N)n1. The van der Waals surface area contributed by atoms with Crippen molar-refractivity contribution in [2.45, 2.75) is 13.2 Å². The van der Waals surface area contributed by atoms with Crippen LogP contribution in [0.4, 0.5) is 17.3 Å². The summed E-state index contributed by atoms with van der Waals surface area (Å²) in [4.78, 5) is 14.1. The fourth-order valence-corrected chi connectivity index (χ4v) is 1.93. The van der Waals surface area contributed by atoms with Crippen molar-refractivity contribution in [3.05, 3.63) is 57.6 Å². The molecular weight excluding hydrogens is 272 g/mol. The minimum Gasteiger partial charge on any atom is -0.380 e. The molecule has 0 saturated carbocycles. The molecular formula is C14H16N4O3. The van der Waals surface area contributed by atoms with Crippen molar-refractivity contribution in [1.82, 2.24) is 4.98 Å². The number of hydrogen-bond acceptors (Lipinski definition) is 6. The number of anilines is 2. The second-order valence-corrected chi connectivity index (χ2v) is 4.41. The van der Waals surface area contributed by atoms with Crippen LogP contribution in [0, 0.1) is 10.1 Å². The van der Waals surface area contributed by atoms with E-state index >= 15 is 0 Å². The first-order chi connectivity index (χ1) is 10.1. The van der Waals surface area contributed by atoms with E-state index in [9.17, 15) is 10.1 Å². The molecule has 0 amide bonds. The number of nitro groups is 1. The van der Waals surface area contributed by atoms with Gasteiger partial charge < -0.3 is 15.8 Å². The van der Waals surface area contributed by atoms with Gasteiger partial charge in [0.05, 0.1) is 11.5 Å². The number of pyridine rings is 1. The van der Waals surface area contributed by atoms with E-state index in [0.29, 0.717) is 19.0 Å². The van der Waals surface area contributed by atoms with Crippen LogP contribution in [-0.2, 0) is 17.9 Å². The minimum absolute atomic E-state index is 0.102. The molecule has 7 heteroatoms. The monoisotopic (exact) mass is 288 g/mol. The van der Waals surface area contributed by atoms with Crippen molar-refractivity contribution in [2.24, 2.45) is 0 Å². The number of nitrogens with one attached hydrogen (secondary N) is 1. The molecule has 110 valence electrons. The Kier molecular flexibility index (Phi) is 4.68. The van der Waals surface area contributed by atoms with E-state index in [-0.39, 0.29) is 11.5 Å². The lowest BCUT2D eigenvalue weighted by Crippen LogP contribution is -2.06. The third kappa shape index (κ3) is 3.67. The van der Waals surface area contributed by atoms with Gasteiger partial charge in [0.15, 0.2) is 0 Å². The van der Waals surface area contributed by atoms with E-state index in [4.69, 9.17) is 10.5 Å². The molecule has 0 aliphatic carbocycles. The highest BCUT2D eigenvalue weighted by molar-refractivity contribution is 5.57. The summed E-state index contributed by atoms with van der Waals surface area (Å²) < 4.78 is 5.14. The van der Waals surface area contributed by atoms with E-state index in [1.165, 1.54) is 12.1 Å². The number of nitrogens with two attached hydrogens (primary N) is 1. The van der Waals surface area contributed by atoms with Crippen LogP contribution in [0.2, 0.25) is 0 Å². The Balaban J connectivity index is 2.10. The van der Waals surface area contributed by atoms with Crippen molar-refractivity contribution in [2.75, 3.05) is 18.2 Å². The van der Waals surface area contributed by atoms with E-state index in [1.807, 2.05) is 24.3 Å². The fourth-order valence-electron chi connectivity index (χ4n) is 1.93. The van der Waals surface area contributed by atoms with Crippen LogP contribution < -0.4 is 11.1 Å². The van der Waals surface area contributed by atoms with Gasteiger partial charge in [-0.1, -0.05) is 24.3 Å². The van der Waals surface area contributed by atoms with Gasteiger partial charge in [-0.15, -0.1) is 0 Å². The zero-order valence-corrected chi connectivity index (χ0v) is 11.6. The van der Waals surface area contributed by atoms with E-state index in [1.54, 1.807) is 7.11 Å². The first-order valence-corrected chi connectivity index (χ1v) is 6.32. The number of methoxy groups -OCH3 is 1. The van der Waals surface area contributed by atoms with E-state index < -0.39 is 4.92 Å². The van der Waals surface area contributed by atoms with Crippen molar-refractivity contribution in [3.8, 4) is 0 Å². The molecule has 0 unspecified atom stereocenters. The molecule has 0 atom stereocenters. The zero-order valence-electron chi connectivity index (χ0n) is 11.6. The molecule has 3 N–H and O–H groups in total. The third-order valence-corrected chi connectivity index (χ3v) is 2.98. The van der Waals surface area contributed by atoms with Crippen LogP contribution in [-0.4, -0.2) is 17.0 Å². The Morgan fingerprint density at radius 2 is 2.00 bits per heavy atom. The maximum Gasteiger partial charge on any atom is 0.311 e. The van der Waals surface area contributed by atoms with Crippen molar-refractivity contribution in [1.29, 1.82) is 0 Å². The zero-order chi connectivity index (χ0) is 15.2. The number of rotatable bonds is 6. The number of aromatic nitrogens is 1. The van der Waals surface area contributed by atoms with Crippen LogP contribution in [0.15, 0.2) is 36.4 Å². The number of nitrogen functional groups attached to an aromatic ring is 1. The fraction of sp³-hybridized carbons (Fsp3) is 0.214. The van der Waals surface area contributed by atoms with Gasteiger partial charge in [-0.05, 0) is 17.2 Å². The first kappa shape index (κ1) is 14.7. The highest BCUT2D eigenvalue weighted by atomic mass is 16.6. The van der Waals surface area contributed by atoms with E-state index in [0.717, 1.165) is 11.1 Å². The van der Waals surface area contributed by atoms with Crippen molar-refractivity contribution < 1.29 is 9.66 Å². The first-order valence-electron chi connectivity index (χ1n) is 6.32. The third-order valence-electron chi connectivity index (χ3n) is 2.98. The summed E-state index contributed by atoms with van der Waals surface area (Å²) in [5, 5.41) is 13.8. The Labute approximate surface area is 121 Å². The van der Waals surface area contributed by atoms with Crippen molar-refractivity contribution in [3.63, 3.8) is 0 Å². The summed E-state index contributed by atoms with van der Waals surface area (Å²) in [5.74, 6) is 0.389. The summed E-state index contributed by atoms with van der Waals surface area (Å²) in [6.07, 6.45) is 0. The Morgan fingerprint density at radius 3 is 2.62 bits per heavy atom. The molecule has 7 nitrogen and oxygen atoms in total.